The first-order valence-corrected chi connectivity index (χ1v) is 12.8. The average Bonchev–Trinajstić information content (AvgIpc) is 2.60. The predicted molar refractivity (Wildman–Crippen MR) is 115 cm³/mol. The van der Waals surface area contributed by atoms with Crippen molar-refractivity contribution in [2.45, 2.75) is 17.9 Å². The van der Waals surface area contributed by atoms with Crippen LogP contribution in [0, 0.1) is 0 Å². The van der Waals surface area contributed by atoms with Gasteiger partial charge in [0.05, 0.1) is 32.9 Å². The molecule has 11 heteroatoms. The molecule has 2 aromatic carbocycles. The van der Waals surface area contributed by atoms with E-state index < -0.39 is 38.4 Å². The van der Waals surface area contributed by atoms with Crippen molar-refractivity contribution in [3.63, 3.8) is 0 Å². The molecule has 0 saturated carbocycles. The minimum absolute atomic E-state index is 0.164. The van der Waals surface area contributed by atoms with Crippen LogP contribution in [-0.4, -0.2) is 41.8 Å². The fraction of sp³-hybridized carbons (Fsp3) is 0.278. The van der Waals surface area contributed by atoms with Gasteiger partial charge in [0, 0.05) is 6.26 Å². The molecule has 1 amide bonds. The van der Waals surface area contributed by atoms with Gasteiger partial charge in [-0.05, 0) is 42.8 Å². The number of nitrogens with one attached hydrogen (secondary N) is 1. The second-order valence-electron chi connectivity index (χ2n) is 6.50. The fourth-order valence-electron chi connectivity index (χ4n) is 2.54. The average molecular weight is 479 g/mol. The Bertz CT molecular complexity index is 1120. The van der Waals surface area contributed by atoms with Crippen LogP contribution in [0.3, 0.4) is 0 Å². The molecule has 0 heterocycles. The van der Waals surface area contributed by atoms with E-state index >= 15 is 0 Å². The van der Waals surface area contributed by atoms with Gasteiger partial charge in [-0.15, -0.1) is 0 Å². The SMILES string of the molecule is C[C@H](NC(=O)CN(c1ccc(Cl)c(Cl)c1)S(C)(=O)=O)c1ccc(S(C)(=O)=O)cc1. The summed E-state index contributed by atoms with van der Waals surface area (Å²) in [5.74, 6) is -0.541. The van der Waals surface area contributed by atoms with Crippen molar-refractivity contribution in [1.29, 1.82) is 0 Å². The number of amides is 1. The molecular weight excluding hydrogens is 459 g/mol. The van der Waals surface area contributed by atoms with Crippen molar-refractivity contribution >= 4 is 54.7 Å². The second kappa shape index (κ2) is 8.91. The molecule has 0 aromatic heterocycles. The zero-order chi connectivity index (χ0) is 22.0. The molecule has 0 fully saturated rings. The minimum Gasteiger partial charge on any atom is -0.348 e. The van der Waals surface area contributed by atoms with Crippen LogP contribution >= 0.6 is 23.2 Å². The van der Waals surface area contributed by atoms with Crippen LogP contribution in [0.4, 0.5) is 5.69 Å². The summed E-state index contributed by atoms with van der Waals surface area (Å²) >= 11 is 11.8. The number of nitrogens with zero attached hydrogens (tertiary/aromatic N) is 1. The summed E-state index contributed by atoms with van der Waals surface area (Å²) in [4.78, 5) is 12.6. The summed E-state index contributed by atoms with van der Waals surface area (Å²) < 4.78 is 48.3. The predicted octanol–water partition coefficient (Wildman–Crippen LogP) is 3.04. The summed E-state index contributed by atoms with van der Waals surface area (Å²) in [5.41, 5.74) is 0.883. The Morgan fingerprint density at radius 1 is 1.00 bits per heavy atom. The van der Waals surface area contributed by atoms with Gasteiger partial charge in [-0.3, -0.25) is 9.10 Å². The fourth-order valence-corrected chi connectivity index (χ4v) is 4.32. The maximum atomic E-state index is 12.5. The lowest BCUT2D eigenvalue weighted by molar-refractivity contribution is -0.120. The van der Waals surface area contributed by atoms with E-state index in [1.165, 1.54) is 30.3 Å². The molecule has 0 unspecified atom stereocenters. The van der Waals surface area contributed by atoms with Crippen LogP contribution in [0.25, 0.3) is 0 Å². The van der Waals surface area contributed by atoms with Gasteiger partial charge in [0.1, 0.15) is 6.54 Å². The van der Waals surface area contributed by atoms with Crippen LogP contribution in [0.1, 0.15) is 18.5 Å². The van der Waals surface area contributed by atoms with E-state index in [1.54, 1.807) is 19.1 Å². The largest absolute Gasteiger partial charge is 0.348 e. The number of rotatable bonds is 7. The number of hydrogen-bond donors (Lipinski definition) is 1. The molecule has 0 saturated heterocycles. The zero-order valence-electron chi connectivity index (χ0n) is 15.9. The molecule has 7 nitrogen and oxygen atoms in total. The van der Waals surface area contributed by atoms with E-state index in [9.17, 15) is 21.6 Å². The van der Waals surface area contributed by atoms with Crippen molar-refractivity contribution in [2.75, 3.05) is 23.4 Å². The Labute approximate surface area is 180 Å². The highest BCUT2D eigenvalue weighted by molar-refractivity contribution is 7.92. The highest BCUT2D eigenvalue weighted by Gasteiger charge is 2.22. The monoisotopic (exact) mass is 478 g/mol. The molecule has 158 valence electrons. The van der Waals surface area contributed by atoms with Crippen LogP contribution in [0.2, 0.25) is 10.0 Å². The van der Waals surface area contributed by atoms with Gasteiger partial charge in [0.15, 0.2) is 9.84 Å². The molecule has 1 atom stereocenters. The Hall–Kier alpha value is -1.81. The highest BCUT2D eigenvalue weighted by Crippen LogP contribution is 2.28. The molecule has 0 spiro atoms. The van der Waals surface area contributed by atoms with Gasteiger partial charge in [-0.2, -0.15) is 0 Å². The van der Waals surface area contributed by atoms with Crippen molar-refractivity contribution in [3.8, 4) is 0 Å². The highest BCUT2D eigenvalue weighted by atomic mass is 35.5. The number of carbonyl (C=O) groups is 1. The van der Waals surface area contributed by atoms with Crippen LogP contribution in [0.15, 0.2) is 47.4 Å². The summed E-state index contributed by atoms with van der Waals surface area (Å²) in [5, 5.41) is 3.13. The van der Waals surface area contributed by atoms with Gasteiger partial charge in [-0.25, -0.2) is 16.8 Å². The number of sulfone groups is 1. The number of sulfonamides is 1. The first kappa shape index (κ1) is 23.5. The van der Waals surface area contributed by atoms with Crippen molar-refractivity contribution in [3.05, 3.63) is 58.1 Å². The van der Waals surface area contributed by atoms with E-state index in [4.69, 9.17) is 23.2 Å². The van der Waals surface area contributed by atoms with E-state index in [0.29, 0.717) is 5.56 Å². The third-order valence-corrected chi connectivity index (χ3v) is 7.07. The van der Waals surface area contributed by atoms with Crippen molar-refractivity contribution < 1.29 is 21.6 Å². The number of hydrogen-bond acceptors (Lipinski definition) is 5. The molecular formula is C18H20Cl2N2O5S2. The number of anilines is 1. The Morgan fingerprint density at radius 2 is 1.59 bits per heavy atom. The van der Waals surface area contributed by atoms with Gasteiger partial charge in [0.2, 0.25) is 15.9 Å². The first-order valence-electron chi connectivity index (χ1n) is 8.31. The summed E-state index contributed by atoms with van der Waals surface area (Å²) in [7, 11) is -7.08. The molecule has 2 rings (SSSR count). The van der Waals surface area contributed by atoms with Gasteiger partial charge < -0.3 is 5.32 Å². The first-order chi connectivity index (χ1) is 13.3. The van der Waals surface area contributed by atoms with E-state index in [0.717, 1.165) is 16.8 Å². The number of halogens is 2. The molecule has 0 aliphatic carbocycles. The quantitative estimate of drug-likeness (QED) is 0.658. The van der Waals surface area contributed by atoms with E-state index in [2.05, 4.69) is 5.32 Å². The van der Waals surface area contributed by atoms with Crippen molar-refractivity contribution in [2.24, 2.45) is 0 Å². The molecule has 1 N–H and O–H groups in total. The lowest BCUT2D eigenvalue weighted by Crippen LogP contribution is -2.41. The Morgan fingerprint density at radius 3 is 2.07 bits per heavy atom. The molecule has 2 aromatic rings. The topological polar surface area (TPSA) is 101 Å². The van der Waals surface area contributed by atoms with Gasteiger partial charge in [0.25, 0.3) is 0 Å². The number of benzene rings is 2. The van der Waals surface area contributed by atoms with Crippen LogP contribution in [-0.2, 0) is 24.7 Å². The normalized spacial score (nSPS) is 13.0. The summed E-state index contributed by atoms with van der Waals surface area (Å²) in [6, 6.07) is 9.88. The lowest BCUT2D eigenvalue weighted by Gasteiger charge is -2.23. The summed E-state index contributed by atoms with van der Waals surface area (Å²) in [6.07, 6.45) is 2.09. The van der Waals surface area contributed by atoms with Crippen LogP contribution < -0.4 is 9.62 Å². The van der Waals surface area contributed by atoms with E-state index in [1.807, 2.05) is 0 Å². The smallest absolute Gasteiger partial charge is 0.241 e. The molecule has 0 radical (unpaired) electrons. The van der Waals surface area contributed by atoms with Gasteiger partial charge in [-0.1, -0.05) is 35.3 Å². The molecule has 0 bridgehead atoms. The maximum Gasteiger partial charge on any atom is 0.241 e. The number of carbonyl (C=O) groups excluding carboxylic acids is 1. The summed E-state index contributed by atoms with van der Waals surface area (Å²) in [6.45, 7) is 1.25. The standard InChI is InChI=1S/C18H20Cl2N2O5S2/c1-12(13-4-7-15(8-5-13)28(2,24)25)21-18(23)11-22(29(3,26)27)14-6-9-16(19)17(20)10-14/h4-10,12H,11H2,1-3H3,(H,21,23)/t12-/m0/s1. The maximum absolute atomic E-state index is 12.5. The zero-order valence-corrected chi connectivity index (χ0v) is 19.0. The third kappa shape index (κ3) is 6.33. The third-order valence-electron chi connectivity index (χ3n) is 4.06. The molecule has 0 aliphatic heterocycles. The van der Waals surface area contributed by atoms with E-state index in [-0.39, 0.29) is 20.6 Å². The van der Waals surface area contributed by atoms with Gasteiger partial charge >= 0.3 is 0 Å². The van der Waals surface area contributed by atoms with Crippen LogP contribution in [0.5, 0.6) is 0 Å². The lowest BCUT2D eigenvalue weighted by atomic mass is 10.1. The molecule has 0 aliphatic rings. The second-order valence-corrected chi connectivity index (χ2v) is 11.2. The minimum atomic E-state index is -3.76. The Balaban J connectivity index is 2.16. The molecule has 29 heavy (non-hydrogen) atoms. The van der Waals surface area contributed by atoms with Crippen molar-refractivity contribution in [1.82, 2.24) is 5.32 Å². The Kier molecular flexibility index (Phi) is 7.21.